The molecule has 2 N–H and O–H groups in total. The minimum Gasteiger partial charge on any atom is -0.497 e. The molecule has 6 rings (SSSR count). The normalized spacial score (nSPS) is 20.6. The van der Waals surface area contributed by atoms with Gasteiger partial charge in [0.05, 0.1) is 29.5 Å². The van der Waals surface area contributed by atoms with Crippen LogP contribution in [-0.4, -0.2) is 19.7 Å². The van der Waals surface area contributed by atoms with E-state index in [1.807, 2.05) is 54.6 Å². The van der Waals surface area contributed by atoms with Crippen molar-refractivity contribution >= 4 is 28.8 Å². The van der Waals surface area contributed by atoms with Crippen LogP contribution in [0.3, 0.4) is 0 Å². The van der Waals surface area contributed by atoms with Crippen molar-refractivity contribution in [2.24, 2.45) is 0 Å². The largest absolute Gasteiger partial charge is 0.497 e. The summed E-state index contributed by atoms with van der Waals surface area (Å²) in [7, 11) is 1.65. The van der Waals surface area contributed by atoms with E-state index >= 15 is 0 Å². The molecule has 3 aromatic carbocycles. The van der Waals surface area contributed by atoms with Crippen LogP contribution in [0.5, 0.6) is 17.2 Å². The molecule has 0 bridgehead atoms. The fourth-order valence-corrected chi connectivity index (χ4v) is 5.25. The van der Waals surface area contributed by atoms with Crippen molar-refractivity contribution in [3.05, 3.63) is 88.1 Å². The number of hydrogen-bond donors (Lipinski definition) is 2. The van der Waals surface area contributed by atoms with Crippen LogP contribution >= 0.6 is 11.6 Å². The van der Waals surface area contributed by atoms with Gasteiger partial charge in [-0.05, 0) is 48.2 Å². The number of Topliss-reactive ketones (excluding diaryl/α,β-unsaturated/α-hetero) is 1. The molecule has 0 aromatic heterocycles. The Morgan fingerprint density at radius 2 is 1.71 bits per heavy atom. The zero-order valence-electron chi connectivity index (χ0n) is 18.6. The molecule has 6 nitrogen and oxygen atoms in total. The number of benzene rings is 3. The third-order valence-electron chi connectivity index (χ3n) is 6.70. The van der Waals surface area contributed by atoms with Crippen LogP contribution in [-0.2, 0) is 4.79 Å². The molecule has 2 aliphatic heterocycles. The number of carbonyl (C=O) groups is 1. The number of nitrogens with one attached hydrogen (secondary N) is 2. The second kappa shape index (κ2) is 8.29. The summed E-state index contributed by atoms with van der Waals surface area (Å²) in [6.45, 7) is 0.161. The maximum absolute atomic E-state index is 13.7. The molecule has 0 unspecified atom stereocenters. The highest BCUT2D eigenvalue weighted by atomic mass is 35.5. The fourth-order valence-electron chi connectivity index (χ4n) is 4.99. The van der Waals surface area contributed by atoms with E-state index < -0.39 is 6.04 Å². The summed E-state index contributed by atoms with van der Waals surface area (Å²) in [5.74, 6) is 2.21. The summed E-state index contributed by atoms with van der Waals surface area (Å²) >= 11 is 6.71. The van der Waals surface area contributed by atoms with E-state index in [9.17, 15) is 4.79 Å². The Hall–Kier alpha value is -3.64. The first kappa shape index (κ1) is 20.9. The Bertz CT molecular complexity index is 1320. The summed E-state index contributed by atoms with van der Waals surface area (Å²) in [4.78, 5) is 13.7. The van der Waals surface area contributed by atoms with Crippen LogP contribution in [0.2, 0.25) is 5.02 Å². The molecular formula is C27H23ClN2O4. The van der Waals surface area contributed by atoms with Gasteiger partial charge in [0, 0.05) is 29.3 Å². The zero-order valence-corrected chi connectivity index (χ0v) is 19.3. The molecule has 172 valence electrons. The molecule has 0 saturated carbocycles. The van der Waals surface area contributed by atoms with Gasteiger partial charge in [-0.1, -0.05) is 35.9 Å². The number of para-hydroxylation sites is 2. The lowest BCUT2D eigenvalue weighted by atomic mass is 9.78. The van der Waals surface area contributed by atoms with Gasteiger partial charge in [0.25, 0.3) is 0 Å². The van der Waals surface area contributed by atoms with Crippen LogP contribution < -0.4 is 24.8 Å². The minimum absolute atomic E-state index is 0.0720. The molecule has 0 radical (unpaired) electrons. The molecular weight excluding hydrogens is 452 g/mol. The average Bonchev–Trinajstić information content (AvgIpc) is 3.23. The zero-order chi connectivity index (χ0) is 23.2. The van der Waals surface area contributed by atoms with Crippen molar-refractivity contribution < 1.29 is 19.0 Å². The highest BCUT2D eigenvalue weighted by molar-refractivity contribution is 6.31. The fraction of sp³-hybridized carbons (Fsp3) is 0.222. The summed E-state index contributed by atoms with van der Waals surface area (Å²) in [5.41, 5.74) is 5.36. The smallest absolute Gasteiger partial charge is 0.231 e. The first-order chi connectivity index (χ1) is 16.6. The van der Waals surface area contributed by atoms with Crippen LogP contribution in [0.4, 0.5) is 11.4 Å². The number of allylic oxidation sites excluding steroid dienone is 1. The van der Waals surface area contributed by atoms with E-state index in [4.69, 9.17) is 25.8 Å². The van der Waals surface area contributed by atoms with Gasteiger partial charge in [0.2, 0.25) is 6.79 Å². The lowest BCUT2D eigenvalue weighted by molar-refractivity contribution is -0.116. The second-order valence-corrected chi connectivity index (χ2v) is 9.08. The van der Waals surface area contributed by atoms with Crippen molar-refractivity contribution in [1.29, 1.82) is 0 Å². The average molecular weight is 475 g/mol. The Kier molecular flexibility index (Phi) is 5.11. The highest BCUT2D eigenvalue weighted by Gasteiger charge is 2.37. The number of halogens is 1. The number of carbonyl (C=O) groups excluding carboxylic acids is 1. The highest BCUT2D eigenvalue weighted by Crippen LogP contribution is 2.47. The molecule has 0 fully saturated rings. The van der Waals surface area contributed by atoms with Gasteiger partial charge in [-0.15, -0.1) is 0 Å². The quantitative estimate of drug-likeness (QED) is 0.481. The maximum atomic E-state index is 13.7. The van der Waals surface area contributed by atoms with Crippen molar-refractivity contribution in [1.82, 2.24) is 0 Å². The van der Waals surface area contributed by atoms with Gasteiger partial charge in [0.15, 0.2) is 17.3 Å². The van der Waals surface area contributed by atoms with E-state index in [0.29, 0.717) is 34.9 Å². The van der Waals surface area contributed by atoms with Gasteiger partial charge in [-0.25, -0.2) is 0 Å². The van der Waals surface area contributed by atoms with Gasteiger partial charge < -0.3 is 24.8 Å². The lowest BCUT2D eigenvalue weighted by Gasteiger charge is -2.30. The summed E-state index contributed by atoms with van der Waals surface area (Å²) in [6.07, 6.45) is 1.13. The molecule has 34 heavy (non-hydrogen) atoms. The Morgan fingerprint density at radius 1 is 0.971 bits per heavy atom. The van der Waals surface area contributed by atoms with Gasteiger partial charge >= 0.3 is 0 Å². The SMILES string of the molecule is COc1ccc([C@@H]2CC(=O)C3=C(C2)Nc2ccccc2N[C@@H]3c2cc3c(cc2Cl)OCO3)cc1. The van der Waals surface area contributed by atoms with Crippen LogP contribution in [0.1, 0.15) is 35.9 Å². The van der Waals surface area contributed by atoms with Crippen LogP contribution in [0.15, 0.2) is 71.9 Å². The number of ether oxygens (including phenoxy) is 3. The number of rotatable bonds is 3. The number of hydrogen-bond acceptors (Lipinski definition) is 6. The Labute approximate surface area is 202 Å². The van der Waals surface area contributed by atoms with Crippen molar-refractivity contribution in [3.8, 4) is 17.2 Å². The Balaban J connectivity index is 1.45. The van der Waals surface area contributed by atoms with E-state index in [1.165, 1.54) is 0 Å². The Morgan fingerprint density at radius 3 is 2.47 bits per heavy atom. The summed E-state index contributed by atoms with van der Waals surface area (Å²) in [5, 5.41) is 7.65. The first-order valence-electron chi connectivity index (χ1n) is 11.2. The molecule has 0 saturated heterocycles. The summed E-state index contributed by atoms with van der Waals surface area (Å²) < 4.78 is 16.4. The lowest BCUT2D eigenvalue weighted by Crippen LogP contribution is -2.27. The van der Waals surface area contributed by atoms with Crippen LogP contribution in [0.25, 0.3) is 0 Å². The molecule has 3 aromatic rings. The molecule has 1 aliphatic carbocycles. The van der Waals surface area contributed by atoms with Crippen molar-refractivity contribution in [2.45, 2.75) is 24.8 Å². The van der Waals surface area contributed by atoms with Gasteiger partial charge in [0.1, 0.15) is 5.75 Å². The molecule has 0 spiro atoms. The van der Waals surface area contributed by atoms with E-state index in [2.05, 4.69) is 10.6 Å². The third kappa shape index (κ3) is 3.55. The number of methoxy groups -OCH3 is 1. The van der Waals surface area contributed by atoms with E-state index in [1.54, 1.807) is 13.2 Å². The van der Waals surface area contributed by atoms with Crippen molar-refractivity contribution in [3.63, 3.8) is 0 Å². The molecule has 2 atom stereocenters. The van der Waals surface area contributed by atoms with Gasteiger partial charge in [-0.2, -0.15) is 0 Å². The predicted octanol–water partition coefficient (Wildman–Crippen LogP) is 6.06. The second-order valence-electron chi connectivity index (χ2n) is 8.67. The number of fused-ring (bicyclic) bond motifs is 2. The van der Waals surface area contributed by atoms with E-state index in [-0.39, 0.29) is 18.5 Å². The third-order valence-corrected chi connectivity index (χ3v) is 7.03. The minimum atomic E-state index is -0.419. The van der Waals surface area contributed by atoms with Crippen molar-refractivity contribution in [2.75, 3.05) is 24.5 Å². The number of ketones is 1. The molecule has 0 amide bonds. The topological polar surface area (TPSA) is 68.8 Å². The van der Waals surface area contributed by atoms with E-state index in [0.717, 1.165) is 33.9 Å². The van der Waals surface area contributed by atoms with Crippen LogP contribution in [0, 0.1) is 0 Å². The first-order valence-corrected chi connectivity index (χ1v) is 11.6. The molecule has 3 aliphatic rings. The standard InChI is InChI=1S/C27H23ClN2O4/c1-32-17-8-6-15(7-9-17)16-10-22-26(23(31)11-16)27(30-21-5-3-2-4-20(21)29-22)18-12-24-25(13-19(18)28)34-14-33-24/h2-9,12-13,16,27,29-30H,10-11,14H2,1H3/t16-,27+/m0/s1. The summed E-state index contributed by atoms with van der Waals surface area (Å²) in [6, 6.07) is 19.1. The maximum Gasteiger partial charge on any atom is 0.231 e. The number of anilines is 2. The predicted molar refractivity (Wildman–Crippen MR) is 131 cm³/mol. The van der Waals surface area contributed by atoms with Gasteiger partial charge in [-0.3, -0.25) is 4.79 Å². The monoisotopic (exact) mass is 474 g/mol. The molecule has 2 heterocycles. The molecule has 7 heteroatoms.